The van der Waals surface area contributed by atoms with Crippen LogP contribution in [0.3, 0.4) is 0 Å². The fourth-order valence-electron chi connectivity index (χ4n) is 3.24. The van der Waals surface area contributed by atoms with E-state index in [0.29, 0.717) is 28.0 Å². The monoisotopic (exact) mass is 438 g/mol. The van der Waals surface area contributed by atoms with Crippen molar-refractivity contribution in [1.29, 1.82) is 0 Å². The van der Waals surface area contributed by atoms with E-state index in [4.69, 9.17) is 13.9 Å². The molecule has 0 saturated carbocycles. The molecule has 0 aliphatic carbocycles. The lowest BCUT2D eigenvalue weighted by atomic mass is 10.0. The number of ether oxygens (including phenoxy) is 2. The van der Waals surface area contributed by atoms with Crippen molar-refractivity contribution in [2.45, 2.75) is 19.4 Å². The maximum atomic E-state index is 12.8. The summed E-state index contributed by atoms with van der Waals surface area (Å²) in [6.07, 6.45) is -0.00176. The van der Waals surface area contributed by atoms with Crippen LogP contribution in [0.15, 0.2) is 57.7 Å². The van der Waals surface area contributed by atoms with E-state index in [1.54, 1.807) is 36.4 Å². The Morgan fingerprint density at radius 3 is 2.53 bits per heavy atom. The fraction of sp³-hybridized carbons (Fsp3) is 0.217. The standard InChI is InChI=1S/C23H22N2O7/c1-13(26)24-16-6-4-5-14(9-16)22(28)25-19(23(29)31-3)10-15-11-21(27)32-20-12-17(30-2)7-8-18(15)20/h4-9,11-12,19H,10H2,1-3H3,(H,24,26)(H,25,28)/t19-/m0/s1. The molecule has 0 saturated heterocycles. The Labute approximate surface area is 183 Å². The van der Waals surface area contributed by atoms with Crippen LogP contribution >= 0.6 is 0 Å². The minimum absolute atomic E-state index is 0.00176. The zero-order valence-electron chi connectivity index (χ0n) is 17.8. The molecule has 2 amide bonds. The molecule has 0 unspecified atom stereocenters. The van der Waals surface area contributed by atoms with Crippen molar-refractivity contribution in [3.63, 3.8) is 0 Å². The number of methoxy groups -OCH3 is 2. The van der Waals surface area contributed by atoms with Crippen molar-refractivity contribution in [1.82, 2.24) is 5.32 Å². The molecule has 3 rings (SSSR count). The highest BCUT2D eigenvalue weighted by Crippen LogP contribution is 2.23. The minimum Gasteiger partial charge on any atom is -0.497 e. The molecular weight excluding hydrogens is 416 g/mol. The average molecular weight is 438 g/mol. The Bertz CT molecular complexity index is 1230. The van der Waals surface area contributed by atoms with Crippen molar-refractivity contribution in [2.75, 3.05) is 19.5 Å². The number of esters is 1. The largest absolute Gasteiger partial charge is 0.497 e. The van der Waals surface area contributed by atoms with E-state index in [9.17, 15) is 19.2 Å². The first kappa shape index (κ1) is 22.5. The van der Waals surface area contributed by atoms with Crippen LogP contribution in [-0.4, -0.2) is 38.0 Å². The SMILES string of the molecule is COC(=O)[C@H](Cc1cc(=O)oc2cc(OC)ccc12)NC(=O)c1cccc(NC(C)=O)c1. The van der Waals surface area contributed by atoms with Crippen LogP contribution < -0.4 is 21.0 Å². The maximum Gasteiger partial charge on any atom is 0.336 e. The second kappa shape index (κ2) is 9.78. The van der Waals surface area contributed by atoms with Gasteiger partial charge >= 0.3 is 11.6 Å². The Hall–Kier alpha value is -4.14. The lowest BCUT2D eigenvalue weighted by Gasteiger charge is -2.18. The van der Waals surface area contributed by atoms with Gasteiger partial charge in [0.2, 0.25) is 5.91 Å². The molecule has 0 radical (unpaired) electrons. The number of hydrogen-bond acceptors (Lipinski definition) is 7. The molecule has 166 valence electrons. The molecule has 0 bridgehead atoms. The molecule has 2 N–H and O–H groups in total. The highest BCUT2D eigenvalue weighted by Gasteiger charge is 2.24. The average Bonchev–Trinajstić information content (AvgIpc) is 2.77. The lowest BCUT2D eigenvalue weighted by Crippen LogP contribution is -2.43. The summed E-state index contributed by atoms with van der Waals surface area (Å²) >= 11 is 0. The predicted octanol–water partition coefficient (Wildman–Crippen LogP) is 2.27. The Morgan fingerprint density at radius 1 is 1.06 bits per heavy atom. The van der Waals surface area contributed by atoms with Gasteiger partial charge in [-0.15, -0.1) is 0 Å². The number of amides is 2. The van der Waals surface area contributed by atoms with Crippen molar-refractivity contribution in [2.24, 2.45) is 0 Å². The second-order valence-electron chi connectivity index (χ2n) is 6.97. The smallest absolute Gasteiger partial charge is 0.336 e. The van der Waals surface area contributed by atoms with Crippen molar-refractivity contribution < 1.29 is 28.3 Å². The van der Waals surface area contributed by atoms with E-state index in [1.165, 1.54) is 33.3 Å². The van der Waals surface area contributed by atoms with E-state index in [1.807, 2.05) is 0 Å². The molecule has 1 heterocycles. The van der Waals surface area contributed by atoms with Gasteiger partial charge in [-0.2, -0.15) is 0 Å². The first-order chi connectivity index (χ1) is 15.3. The Kier molecular flexibility index (Phi) is 6.89. The normalized spacial score (nSPS) is 11.5. The third-order valence-corrected chi connectivity index (χ3v) is 4.70. The van der Waals surface area contributed by atoms with Gasteiger partial charge in [0.05, 0.1) is 14.2 Å². The highest BCUT2D eigenvalue weighted by atomic mass is 16.5. The van der Waals surface area contributed by atoms with Crippen LogP contribution in [0.4, 0.5) is 5.69 Å². The molecule has 1 atom stereocenters. The maximum absolute atomic E-state index is 12.8. The fourth-order valence-corrected chi connectivity index (χ4v) is 3.24. The van der Waals surface area contributed by atoms with Gasteiger partial charge in [-0.3, -0.25) is 9.59 Å². The molecule has 0 fully saturated rings. The zero-order chi connectivity index (χ0) is 23.3. The summed E-state index contributed by atoms with van der Waals surface area (Å²) in [4.78, 5) is 48.5. The van der Waals surface area contributed by atoms with Crippen molar-refractivity contribution in [3.8, 4) is 5.75 Å². The molecule has 9 nitrogen and oxygen atoms in total. The van der Waals surface area contributed by atoms with Crippen LogP contribution in [0.5, 0.6) is 5.75 Å². The summed E-state index contributed by atoms with van der Waals surface area (Å²) in [5.41, 5.74) is 0.887. The molecular formula is C23H22N2O7. The zero-order valence-corrected chi connectivity index (χ0v) is 17.8. The number of rotatable bonds is 7. The Morgan fingerprint density at radius 2 is 1.84 bits per heavy atom. The molecule has 0 aliphatic rings. The lowest BCUT2D eigenvalue weighted by molar-refractivity contribution is -0.142. The third-order valence-electron chi connectivity index (χ3n) is 4.70. The first-order valence-electron chi connectivity index (χ1n) is 9.68. The second-order valence-corrected chi connectivity index (χ2v) is 6.97. The number of nitrogens with one attached hydrogen (secondary N) is 2. The predicted molar refractivity (Wildman–Crippen MR) is 117 cm³/mol. The van der Waals surface area contributed by atoms with E-state index in [2.05, 4.69) is 10.6 Å². The summed E-state index contributed by atoms with van der Waals surface area (Å²) in [6.45, 7) is 1.36. The minimum atomic E-state index is -1.07. The van der Waals surface area contributed by atoms with Crippen LogP contribution in [0.1, 0.15) is 22.8 Å². The number of carbonyl (C=O) groups excluding carboxylic acids is 3. The number of hydrogen-bond donors (Lipinski definition) is 2. The number of fused-ring (bicyclic) bond motifs is 1. The molecule has 0 spiro atoms. The van der Waals surface area contributed by atoms with Crippen LogP contribution in [-0.2, 0) is 20.7 Å². The molecule has 1 aromatic heterocycles. The summed E-state index contributed by atoms with van der Waals surface area (Å²) < 4.78 is 15.2. The topological polar surface area (TPSA) is 124 Å². The van der Waals surface area contributed by atoms with Crippen molar-refractivity contribution in [3.05, 3.63) is 70.1 Å². The Balaban J connectivity index is 1.90. The number of anilines is 1. The summed E-state index contributed by atoms with van der Waals surface area (Å²) in [7, 11) is 2.70. The number of carbonyl (C=O) groups is 3. The summed E-state index contributed by atoms with van der Waals surface area (Å²) in [6, 6.07) is 11.5. The van der Waals surface area contributed by atoms with Crippen LogP contribution in [0, 0.1) is 0 Å². The first-order valence-corrected chi connectivity index (χ1v) is 9.68. The van der Waals surface area contributed by atoms with Crippen LogP contribution in [0.2, 0.25) is 0 Å². The van der Waals surface area contributed by atoms with E-state index in [-0.39, 0.29) is 17.9 Å². The van der Waals surface area contributed by atoms with Crippen molar-refractivity contribution >= 4 is 34.4 Å². The van der Waals surface area contributed by atoms with Gasteiger partial charge in [0.25, 0.3) is 5.91 Å². The van der Waals surface area contributed by atoms with Gasteiger partial charge in [0, 0.05) is 42.1 Å². The van der Waals surface area contributed by atoms with E-state index >= 15 is 0 Å². The van der Waals surface area contributed by atoms with Gasteiger partial charge in [0.1, 0.15) is 17.4 Å². The number of benzene rings is 2. The summed E-state index contributed by atoms with van der Waals surface area (Å²) in [5, 5.41) is 5.83. The van der Waals surface area contributed by atoms with Gasteiger partial charge in [-0.05, 0) is 35.9 Å². The van der Waals surface area contributed by atoms with Gasteiger partial charge in [-0.25, -0.2) is 9.59 Å². The third kappa shape index (κ3) is 5.31. The molecule has 3 aromatic rings. The van der Waals surface area contributed by atoms with Gasteiger partial charge in [0.15, 0.2) is 0 Å². The van der Waals surface area contributed by atoms with E-state index < -0.39 is 23.5 Å². The summed E-state index contributed by atoms with van der Waals surface area (Å²) in [5.74, 6) is -0.983. The molecule has 32 heavy (non-hydrogen) atoms. The van der Waals surface area contributed by atoms with Gasteiger partial charge < -0.3 is 24.5 Å². The molecule has 0 aliphatic heterocycles. The molecule has 9 heteroatoms. The molecule has 2 aromatic carbocycles. The quantitative estimate of drug-likeness (QED) is 0.428. The highest BCUT2D eigenvalue weighted by molar-refractivity contribution is 5.99. The van der Waals surface area contributed by atoms with Gasteiger partial charge in [-0.1, -0.05) is 6.07 Å². The van der Waals surface area contributed by atoms with E-state index in [0.717, 1.165) is 0 Å². The van der Waals surface area contributed by atoms with Crippen LogP contribution in [0.25, 0.3) is 11.0 Å².